The molecule has 0 atom stereocenters. The van der Waals surface area contributed by atoms with E-state index in [0.717, 1.165) is 10.0 Å². The Bertz CT molecular complexity index is 303. The van der Waals surface area contributed by atoms with Crippen LogP contribution in [0.1, 0.15) is 18.4 Å². The lowest BCUT2D eigenvalue weighted by molar-refractivity contribution is -0.0522. The average Bonchev–Trinajstić information content (AvgIpc) is 2.03. The fraction of sp³-hybridized carbons (Fsp3) is 0.400. The van der Waals surface area contributed by atoms with Crippen LogP contribution in [-0.2, 0) is 5.60 Å². The molecular weight excluding hydrogens is 230 g/mol. The summed E-state index contributed by atoms with van der Waals surface area (Å²) in [6.07, 6.45) is 1.35. The summed E-state index contributed by atoms with van der Waals surface area (Å²) in [5.74, 6) is 0. The monoisotopic (exact) mass is 241 g/mol. The molecule has 0 saturated heterocycles. The first-order valence-corrected chi connectivity index (χ1v) is 5.13. The van der Waals surface area contributed by atoms with Gasteiger partial charge in [-0.05, 0) is 30.5 Å². The first-order chi connectivity index (χ1) is 6.10. The van der Waals surface area contributed by atoms with Gasteiger partial charge in [-0.25, -0.2) is 0 Å². The van der Waals surface area contributed by atoms with Gasteiger partial charge in [-0.15, -0.1) is 0 Å². The van der Waals surface area contributed by atoms with Crippen molar-refractivity contribution in [1.82, 2.24) is 0 Å². The highest BCUT2D eigenvalue weighted by Gasteiger charge is 2.41. The van der Waals surface area contributed by atoms with Crippen molar-refractivity contribution in [2.75, 3.05) is 0 Å². The molecule has 1 aliphatic carbocycles. The lowest BCUT2D eigenvalue weighted by Gasteiger charge is -2.42. The second-order valence-corrected chi connectivity index (χ2v) is 4.62. The maximum absolute atomic E-state index is 10.0. The SMILES string of the molecule is NC1CC(O)(c2ccc(Br)cc2)C1. The van der Waals surface area contributed by atoms with Crippen LogP contribution in [-0.4, -0.2) is 11.1 Å². The maximum atomic E-state index is 10.0. The van der Waals surface area contributed by atoms with Crippen molar-refractivity contribution in [3.05, 3.63) is 34.3 Å². The molecule has 0 unspecified atom stereocenters. The Morgan fingerprint density at radius 3 is 2.31 bits per heavy atom. The van der Waals surface area contributed by atoms with Gasteiger partial charge in [0.1, 0.15) is 0 Å². The number of hydrogen-bond acceptors (Lipinski definition) is 2. The van der Waals surface area contributed by atoms with Gasteiger partial charge >= 0.3 is 0 Å². The van der Waals surface area contributed by atoms with E-state index in [0.29, 0.717) is 12.8 Å². The van der Waals surface area contributed by atoms with Gasteiger partial charge in [0.15, 0.2) is 0 Å². The fourth-order valence-electron chi connectivity index (χ4n) is 1.80. The fourth-order valence-corrected chi connectivity index (χ4v) is 2.07. The first kappa shape index (κ1) is 9.19. The summed E-state index contributed by atoms with van der Waals surface area (Å²) < 4.78 is 1.03. The molecule has 0 bridgehead atoms. The van der Waals surface area contributed by atoms with E-state index < -0.39 is 5.60 Å². The van der Waals surface area contributed by atoms with E-state index >= 15 is 0 Å². The first-order valence-electron chi connectivity index (χ1n) is 4.34. The second kappa shape index (κ2) is 3.08. The Hall–Kier alpha value is -0.380. The van der Waals surface area contributed by atoms with Crippen LogP contribution in [0.5, 0.6) is 0 Å². The Morgan fingerprint density at radius 2 is 1.85 bits per heavy atom. The molecule has 2 rings (SSSR count). The zero-order valence-corrected chi connectivity index (χ0v) is 8.79. The van der Waals surface area contributed by atoms with E-state index in [1.807, 2.05) is 24.3 Å². The largest absolute Gasteiger partial charge is 0.385 e. The van der Waals surface area contributed by atoms with Gasteiger partial charge in [0.05, 0.1) is 5.60 Å². The van der Waals surface area contributed by atoms with Crippen molar-refractivity contribution in [3.8, 4) is 0 Å². The molecule has 1 saturated carbocycles. The molecule has 1 aromatic carbocycles. The number of aliphatic hydroxyl groups is 1. The highest BCUT2D eigenvalue weighted by atomic mass is 79.9. The van der Waals surface area contributed by atoms with Crippen molar-refractivity contribution in [3.63, 3.8) is 0 Å². The number of benzene rings is 1. The summed E-state index contributed by atoms with van der Waals surface area (Å²) in [6, 6.07) is 7.92. The van der Waals surface area contributed by atoms with Crippen LogP contribution in [0.25, 0.3) is 0 Å². The number of hydrogen-bond donors (Lipinski definition) is 2. The molecule has 0 aromatic heterocycles. The van der Waals surface area contributed by atoms with Crippen LogP contribution in [0.4, 0.5) is 0 Å². The van der Waals surface area contributed by atoms with Crippen molar-refractivity contribution in [1.29, 1.82) is 0 Å². The summed E-state index contributed by atoms with van der Waals surface area (Å²) in [4.78, 5) is 0. The molecule has 0 amide bonds. The number of nitrogens with two attached hydrogens (primary N) is 1. The highest BCUT2D eigenvalue weighted by Crippen LogP contribution is 2.40. The third-order valence-electron chi connectivity index (χ3n) is 2.58. The Labute approximate surface area is 85.9 Å². The predicted octanol–water partition coefficient (Wildman–Crippen LogP) is 1.76. The predicted molar refractivity (Wildman–Crippen MR) is 55.2 cm³/mol. The normalized spacial score (nSPS) is 32.7. The van der Waals surface area contributed by atoms with Crippen LogP contribution in [0.15, 0.2) is 28.7 Å². The van der Waals surface area contributed by atoms with Crippen LogP contribution in [0, 0.1) is 0 Å². The maximum Gasteiger partial charge on any atom is 0.0926 e. The third-order valence-corrected chi connectivity index (χ3v) is 3.11. The minimum atomic E-state index is -0.667. The molecule has 2 nitrogen and oxygen atoms in total. The van der Waals surface area contributed by atoms with Gasteiger partial charge in [0.2, 0.25) is 0 Å². The Kier molecular flexibility index (Phi) is 2.18. The topological polar surface area (TPSA) is 46.2 Å². The van der Waals surface area contributed by atoms with Gasteiger partial charge in [0, 0.05) is 10.5 Å². The molecule has 70 valence electrons. The van der Waals surface area contributed by atoms with Crippen molar-refractivity contribution < 1.29 is 5.11 Å². The minimum absolute atomic E-state index is 0.161. The molecule has 0 radical (unpaired) electrons. The van der Waals surface area contributed by atoms with E-state index in [-0.39, 0.29) is 6.04 Å². The lowest BCUT2D eigenvalue weighted by atomic mass is 9.72. The van der Waals surface area contributed by atoms with E-state index in [9.17, 15) is 5.11 Å². The summed E-state index contributed by atoms with van der Waals surface area (Å²) in [6.45, 7) is 0. The van der Waals surface area contributed by atoms with Gasteiger partial charge in [-0.2, -0.15) is 0 Å². The van der Waals surface area contributed by atoms with Crippen LogP contribution >= 0.6 is 15.9 Å². The van der Waals surface area contributed by atoms with Crippen LogP contribution in [0.2, 0.25) is 0 Å². The van der Waals surface area contributed by atoms with Crippen molar-refractivity contribution in [2.45, 2.75) is 24.5 Å². The standard InChI is InChI=1S/C10H12BrNO/c11-8-3-1-7(2-4-8)10(13)5-9(12)6-10/h1-4,9,13H,5-6,12H2. The zero-order valence-electron chi connectivity index (χ0n) is 7.20. The Morgan fingerprint density at radius 1 is 1.31 bits per heavy atom. The molecule has 0 aliphatic heterocycles. The summed E-state index contributed by atoms with van der Waals surface area (Å²) in [5.41, 5.74) is 5.96. The van der Waals surface area contributed by atoms with E-state index in [2.05, 4.69) is 15.9 Å². The molecule has 0 heterocycles. The average molecular weight is 242 g/mol. The molecule has 1 aromatic rings. The quantitative estimate of drug-likeness (QED) is 0.788. The van der Waals surface area contributed by atoms with Gasteiger partial charge in [0.25, 0.3) is 0 Å². The lowest BCUT2D eigenvalue weighted by Crippen LogP contribution is -2.49. The smallest absolute Gasteiger partial charge is 0.0926 e. The van der Waals surface area contributed by atoms with E-state index in [1.165, 1.54) is 0 Å². The van der Waals surface area contributed by atoms with Crippen LogP contribution < -0.4 is 5.73 Å². The zero-order chi connectivity index (χ0) is 9.47. The van der Waals surface area contributed by atoms with Crippen molar-refractivity contribution in [2.24, 2.45) is 5.73 Å². The molecule has 3 heteroatoms. The van der Waals surface area contributed by atoms with E-state index in [4.69, 9.17) is 5.73 Å². The van der Waals surface area contributed by atoms with Crippen molar-refractivity contribution >= 4 is 15.9 Å². The molecule has 3 N–H and O–H groups in total. The molecule has 0 spiro atoms. The molecular formula is C10H12BrNO. The van der Waals surface area contributed by atoms with Crippen LogP contribution in [0.3, 0.4) is 0 Å². The molecule has 13 heavy (non-hydrogen) atoms. The number of rotatable bonds is 1. The summed E-state index contributed by atoms with van der Waals surface area (Å²) >= 11 is 3.36. The van der Waals surface area contributed by atoms with Gasteiger partial charge in [-0.1, -0.05) is 28.1 Å². The number of halogens is 1. The highest BCUT2D eigenvalue weighted by molar-refractivity contribution is 9.10. The summed E-state index contributed by atoms with van der Waals surface area (Å²) in [7, 11) is 0. The summed E-state index contributed by atoms with van der Waals surface area (Å²) in [5, 5.41) is 10.0. The minimum Gasteiger partial charge on any atom is -0.385 e. The van der Waals surface area contributed by atoms with E-state index in [1.54, 1.807) is 0 Å². The Balaban J connectivity index is 2.22. The second-order valence-electron chi connectivity index (χ2n) is 3.71. The molecule has 1 fully saturated rings. The third kappa shape index (κ3) is 1.64. The van der Waals surface area contributed by atoms with Gasteiger partial charge < -0.3 is 10.8 Å². The van der Waals surface area contributed by atoms with Gasteiger partial charge in [-0.3, -0.25) is 0 Å². The molecule has 1 aliphatic rings.